The van der Waals surface area contributed by atoms with Crippen LogP contribution in [-0.4, -0.2) is 38.1 Å². The molecule has 9 heteroatoms. The summed E-state index contributed by atoms with van der Waals surface area (Å²) < 4.78 is 6.98. The third-order valence-corrected chi connectivity index (χ3v) is 5.79. The molecular formula is C20H24N6O2S. The van der Waals surface area contributed by atoms with Crippen molar-refractivity contribution in [2.24, 2.45) is 0 Å². The zero-order valence-electron chi connectivity index (χ0n) is 16.5. The zero-order valence-corrected chi connectivity index (χ0v) is 17.3. The summed E-state index contributed by atoms with van der Waals surface area (Å²) in [6.07, 6.45) is 6.29. The van der Waals surface area contributed by atoms with Crippen LogP contribution in [0.15, 0.2) is 33.8 Å². The van der Waals surface area contributed by atoms with Gasteiger partial charge in [-0.3, -0.25) is 4.79 Å². The number of anilines is 1. The van der Waals surface area contributed by atoms with Crippen molar-refractivity contribution in [3.63, 3.8) is 0 Å². The molecule has 2 aromatic heterocycles. The van der Waals surface area contributed by atoms with Crippen molar-refractivity contribution in [2.45, 2.75) is 50.2 Å². The SMILES string of the molecule is CSc1nn(CC(=O)NC2CCCC2)c(N)c1-c1nc(-c2ccc(C)cc2)no1. The lowest BCUT2D eigenvalue weighted by atomic mass is 10.1. The van der Waals surface area contributed by atoms with E-state index in [2.05, 4.69) is 20.6 Å². The first kappa shape index (κ1) is 19.5. The van der Waals surface area contributed by atoms with Crippen LogP contribution in [0.4, 0.5) is 5.82 Å². The highest BCUT2D eigenvalue weighted by atomic mass is 32.2. The third-order valence-electron chi connectivity index (χ3n) is 5.12. The standard InChI is InChI=1S/C20H24N6O2S/c1-12-7-9-13(10-8-12)18-23-19(28-25-18)16-17(21)26(24-20(16)29-2)11-15(27)22-14-5-3-4-6-14/h7-10,14H,3-6,11,21H2,1-2H3,(H,22,27). The molecule has 3 N–H and O–H groups in total. The van der Waals surface area contributed by atoms with E-state index in [1.54, 1.807) is 0 Å². The predicted octanol–water partition coefficient (Wildman–Crippen LogP) is 3.27. The number of amides is 1. The van der Waals surface area contributed by atoms with Crippen LogP contribution >= 0.6 is 11.8 Å². The molecule has 0 atom stereocenters. The molecule has 8 nitrogen and oxygen atoms in total. The quantitative estimate of drug-likeness (QED) is 0.598. The van der Waals surface area contributed by atoms with Gasteiger partial charge in [0, 0.05) is 11.6 Å². The Kier molecular flexibility index (Phi) is 5.57. The fraction of sp³-hybridized carbons (Fsp3) is 0.400. The van der Waals surface area contributed by atoms with Crippen molar-refractivity contribution in [3.05, 3.63) is 29.8 Å². The van der Waals surface area contributed by atoms with Gasteiger partial charge in [-0.2, -0.15) is 10.1 Å². The van der Waals surface area contributed by atoms with E-state index in [0.717, 1.165) is 36.8 Å². The first-order valence-electron chi connectivity index (χ1n) is 9.66. The highest BCUT2D eigenvalue weighted by Crippen LogP contribution is 2.34. The number of nitrogens with zero attached hydrogens (tertiary/aromatic N) is 4. The second-order valence-corrected chi connectivity index (χ2v) is 8.06. The Morgan fingerprint density at radius 1 is 1.31 bits per heavy atom. The van der Waals surface area contributed by atoms with Crippen LogP contribution in [0.1, 0.15) is 31.2 Å². The molecule has 1 aliphatic carbocycles. The smallest absolute Gasteiger partial charge is 0.264 e. The third kappa shape index (κ3) is 4.14. The molecule has 1 amide bonds. The van der Waals surface area contributed by atoms with E-state index < -0.39 is 0 Å². The predicted molar refractivity (Wildman–Crippen MR) is 112 cm³/mol. The first-order chi connectivity index (χ1) is 14.0. The molecule has 0 spiro atoms. The molecule has 4 rings (SSSR count). The number of nitrogen functional groups attached to an aromatic ring is 1. The molecule has 0 radical (unpaired) electrons. The molecule has 1 aliphatic rings. The molecule has 1 saturated carbocycles. The monoisotopic (exact) mass is 412 g/mol. The summed E-state index contributed by atoms with van der Waals surface area (Å²) in [6, 6.07) is 8.13. The number of hydrogen-bond donors (Lipinski definition) is 2. The minimum absolute atomic E-state index is 0.0643. The Morgan fingerprint density at radius 2 is 2.03 bits per heavy atom. The van der Waals surface area contributed by atoms with Gasteiger partial charge in [0.1, 0.15) is 23.0 Å². The largest absolute Gasteiger partial charge is 0.383 e. The zero-order chi connectivity index (χ0) is 20.4. The summed E-state index contributed by atoms with van der Waals surface area (Å²) in [5.74, 6) is 1.04. The Balaban J connectivity index is 1.57. The van der Waals surface area contributed by atoms with E-state index in [9.17, 15) is 4.79 Å². The maximum absolute atomic E-state index is 12.4. The van der Waals surface area contributed by atoms with Crippen LogP contribution < -0.4 is 11.1 Å². The van der Waals surface area contributed by atoms with Crippen LogP contribution in [0.3, 0.4) is 0 Å². The topological polar surface area (TPSA) is 112 Å². The van der Waals surface area contributed by atoms with E-state index in [0.29, 0.717) is 28.1 Å². The highest BCUT2D eigenvalue weighted by Gasteiger charge is 2.24. The van der Waals surface area contributed by atoms with Crippen LogP contribution in [0.2, 0.25) is 0 Å². The average Bonchev–Trinajstić information content (AvgIpc) is 3.44. The number of carbonyl (C=O) groups excluding carboxylic acids is 1. The van der Waals surface area contributed by atoms with Crippen molar-refractivity contribution in [1.82, 2.24) is 25.2 Å². The van der Waals surface area contributed by atoms with E-state index in [1.807, 2.05) is 37.4 Å². The van der Waals surface area contributed by atoms with Gasteiger partial charge in [0.2, 0.25) is 11.7 Å². The van der Waals surface area contributed by atoms with E-state index in [1.165, 1.54) is 16.4 Å². The lowest BCUT2D eigenvalue weighted by Gasteiger charge is -2.12. The summed E-state index contributed by atoms with van der Waals surface area (Å²) in [4.78, 5) is 16.9. The molecule has 0 unspecified atom stereocenters. The maximum atomic E-state index is 12.4. The molecule has 1 fully saturated rings. The fourth-order valence-electron chi connectivity index (χ4n) is 3.54. The number of rotatable bonds is 6. The second-order valence-electron chi connectivity index (χ2n) is 7.27. The highest BCUT2D eigenvalue weighted by molar-refractivity contribution is 7.98. The van der Waals surface area contributed by atoms with Crippen LogP contribution in [0, 0.1) is 6.92 Å². The lowest BCUT2D eigenvalue weighted by Crippen LogP contribution is -2.35. The summed E-state index contributed by atoms with van der Waals surface area (Å²) in [6.45, 7) is 2.09. The number of nitrogens with two attached hydrogens (primary N) is 1. The molecule has 1 aromatic carbocycles. The first-order valence-corrected chi connectivity index (χ1v) is 10.9. The summed E-state index contributed by atoms with van der Waals surface area (Å²) in [7, 11) is 0. The van der Waals surface area contributed by atoms with Crippen LogP contribution in [0.25, 0.3) is 22.8 Å². The lowest BCUT2D eigenvalue weighted by molar-refractivity contribution is -0.122. The number of aromatic nitrogens is 4. The van der Waals surface area contributed by atoms with E-state index >= 15 is 0 Å². The van der Waals surface area contributed by atoms with Crippen LogP contribution in [-0.2, 0) is 11.3 Å². The normalized spacial score (nSPS) is 14.4. The van der Waals surface area contributed by atoms with Gasteiger partial charge in [0.05, 0.1) is 0 Å². The van der Waals surface area contributed by atoms with Gasteiger partial charge >= 0.3 is 0 Å². The van der Waals surface area contributed by atoms with E-state index in [4.69, 9.17) is 10.3 Å². The minimum Gasteiger partial charge on any atom is -0.383 e. The maximum Gasteiger partial charge on any atom is 0.264 e. The second kappa shape index (κ2) is 8.28. The number of benzene rings is 1. The molecule has 0 aliphatic heterocycles. The molecule has 0 bridgehead atoms. The van der Waals surface area contributed by atoms with Crippen molar-refractivity contribution in [2.75, 3.05) is 12.0 Å². The number of thioether (sulfide) groups is 1. The Hall–Kier alpha value is -2.81. The number of carbonyl (C=O) groups is 1. The molecule has 152 valence electrons. The number of hydrogen-bond acceptors (Lipinski definition) is 7. The van der Waals surface area contributed by atoms with Gasteiger partial charge in [0.15, 0.2) is 0 Å². The number of aryl methyl sites for hydroxylation is 1. The fourth-order valence-corrected chi connectivity index (χ4v) is 4.12. The Morgan fingerprint density at radius 3 is 2.72 bits per heavy atom. The Labute approximate surface area is 173 Å². The minimum atomic E-state index is -0.0869. The molecular weight excluding hydrogens is 388 g/mol. The van der Waals surface area contributed by atoms with Gasteiger partial charge in [-0.1, -0.05) is 47.8 Å². The summed E-state index contributed by atoms with van der Waals surface area (Å²) in [5.41, 5.74) is 8.90. The molecule has 2 heterocycles. The van der Waals surface area contributed by atoms with Gasteiger partial charge in [-0.25, -0.2) is 4.68 Å². The van der Waals surface area contributed by atoms with E-state index in [-0.39, 0.29) is 18.5 Å². The summed E-state index contributed by atoms with van der Waals surface area (Å²) >= 11 is 1.42. The molecule has 29 heavy (non-hydrogen) atoms. The van der Waals surface area contributed by atoms with Gasteiger partial charge < -0.3 is 15.6 Å². The Bertz CT molecular complexity index is 1000. The van der Waals surface area contributed by atoms with Gasteiger partial charge in [-0.05, 0) is 26.0 Å². The van der Waals surface area contributed by atoms with Crippen LogP contribution in [0.5, 0.6) is 0 Å². The average molecular weight is 413 g/mol. The van der Waals surface area contributed by atoms with Gasteiger partial charge in [0.25, 0.3) is 5.89 Å². The van der Waals surface area contributed by atoms with Crippen molar-refractivity contribution in [1.29, 1.82) is 0 Å². The number of nitrogens with one attached hydrogen (secondary N) is 1. The van der Waals surface area contributed by atoms with Crippen molar-refractivity contribution < 1.29 is 9.32 Å². The molecule has 0 saturated heterocycles. The molecule has 3 aromatic rings. The van der Waals surface area contributed by atoms with Crippen molar-refractivity contribution >= 4 is 23.5 Å². The van der Waals surface area contributed by atoms with Crippen molar-refractivity contribution in [3.8, 4) is 22.8 Å². The van der Waals surface area contributed by atoms with Gasteiger partial charge in [-0.15, -0.1) is 11.8 Å². The summed E-state index contributed by atoms with van der Waals surface area (Å²) in [5, 5.41) is 12.3.